The molecule has 2 aromatic rings. The second kappa shape index (κ2) is 9.08. The van der Waals surface area contributed by atoms with E-state index >= 15 is 0 Å². The second-order valence-corrected chi connectivity index (χ2v) is 5.96. The molecule has 1 aromatic carbocycles. The maximum atomic E-state index is 12.4. The lowest BCUT2D eigenvalue weighted by molar-refractivity contribution is -0.132. The molecule has 0 fully saturated rings. The van der Waals surface area contributed by atoms with Crippen molar-refractivity contribution in [2.45, 2.75) is 46.6 Å². The molecule has 0 aliphatic rings. The Labute approximate surface area is 152 Å². The minimum Gasteiger partial charge on any atom is -0.488 e. The molecule has 1 heterocycles. The number of para-hydroxylation sites is 1. The molecule has 0 spiro atoms. The van der Waals surface area contributed by atoms with E-state index in [9.17, 15) is 9.59 Å². The molecule has 0 saturated heterocycles. The first-order valence-corrected chi connectivity index (χ1v) is 8.66. The molecule has 2 rings (SSSR count). The molecule has 6 heteroatoms. The molecule has 0 aliphatic carbocycles. The fraction of sp³-hybridized carbons (Fsp3) is 0.400. The molecule has 0 radical (unpaired) electrons. The van der Waals surface area contributed by atoms with E-state index in [1.54, 1.807) is 18.2 Å². The van der Waals surface area contributed by atoms with Crippen molar-refractivity contribution in [3.8, 4) is 17.2 Å². The van der Waals surface area contributed by atoms with Crippen LogP contribution < -0.4 is 19.8 Å². The summed E-state index contributed by atoms with van der Waals surface area (Å²) in [5.41, 5.74) is -0.521. The number of carbonyl (C=O) groups excluding carboxylic acids is 1. The molecule has 6 nitrogen and oxygen atoms in total. The summed E-state index contributed by atoms with van der Waals surface area (Å²) in [4.78, 5) is 23.8. The maximum absolute atomic E-state index is 12.4. The van der Waals surface area contributed by atoms with Gasteiger partial charge in [0.25, 0.3) is 5.75 Å². The molecule has 0 bridgehead atoms. The third kappa shape index (κ3) is 4.88. The summed E-state index contributed by atoms with van der Waals surface area (Å²) in [5, 5.41) is 0.512. The van der Waals surface area contributed by atoms with E-state index in [0.29, 0.717) is 24.2 Å². The Hall–Kier alpha value is -2.76. The van der Waals surface area contributed by atoms with Crippen LogP contribution in [0.5, 0.6) is 17.2 Å². The molecule has 0 atom stereocenters. The Morgan fingerprint density at radius 1 is 1.23 bits per heavy atom. The van der Waals surface area contributed by atoms with Gasteiger partial charge in [-0.15, -0.1) is 0 Å². The van der Waals surface area contributed by atoms with E-state index in [0.717, 1.165) is 6.42 Å². The largest absolute Gasteiger partial charge is 0.488 e. The van der Waals surface area contributed by atoms with Crippen LogP contribution in [0.1, 0.15) is 40.5 Å². The minimum absolute atomic E-state index is 0.0948. The lowest BCUT2D eigenvalue weighted by Crippen LogP contribution is -2.14. The van der Waals surface area contributed by atoms with E-state index in [1.165, 1.54) is 6.92 Å². The number of hydrogen-bond acceptors (Lipinski definition) is 6. The Morgan fingerprint density at radius 3 is 2.65 bits per heavy atom. The number of esters is 1. The van der Waals surface area contributed by atoms with Crippen molar-refractivity contribution in [2.75, 3.05) is 6.61 Å². The summed E-state index contributed by atoms with van der Waals surface area (Å²) in [6.45, 7) is 7.35. The van der Waals surface area contributed by atoms with Crippen LogP contribution in [0.25, 0.3) is 11.0 Å². The maximum Gasteiger partial charge on any atom is 0.383 e. The number of hydrogen-bond donors (Lipinski definition) is 0. The first-order chi connectivity index (χ1) is 12.4. The van der Waals surface area contributed by atoms with Gasteiger partial charge < -0.3 is 18.6 Å². The molecule has 26 heavy (non-hydrogen) atoms. The molecule has 0 N–H and O–H groups in total. The average Bonchev–Trinajstić information content (AvgIpc) is 2.57. The highest BCUT2D eigenvalue weighted by Crippen LogP contribution is 2.37. The van der Waals surface area contributed by atoms with E-state index in [1.807, 2.05) is 32.9 Å². The zero-order chi connectivity index (χ0) is 19.1. The van der Waals surface area contributed by atoms with E-state index < -0.39 is 11.6 Å². The van der Waals surface area contributed by atoms with Crippen molar-refractivity contribution >= 4 is 16.9 Å². The molecule has 0 amide bonds. The van der Waals surface area contributed by atoms with Gasteiger partial charge in [-0.3, -0.25) is 4.79 Å². The van der Waals surface area contributed by atoms with Crippen LogP contribution in [0.15, 0.2) is 39.6 Å². The Morgan fingerprint density at radius 2 is 2.00 bits per heavy atom. The molecule has 140 valence electrons. The zero-order valence-corrected chi connectivity index (χ0v) is 15.5. The highest BCUT2D eigenvalue weighted by atomic mass is 16.6. The van der Waals surface area contributed by atoms with Crippen LogP contribution in [-0.2, 0) is 4.79 Å². The molecular weight excluding hydrogens is 336 g/mol. The first-order valence-electron chi connectivity index (χ1n) is 8.66. The number of benzene rings is 1. The van der Waals surface area contributed by atoms with Gasteiger partial charge in [0.05, 0.1) is 18.1 Å². The second-order valence-electron chi connectivity index (χ2n) is 5.96. The third-order valence-electron chi connectivity index (χ3n) is 3.35. The van der Waals surface area contributed by atoms with Gasteiger partial charge in [0.15, 0.2) is 17.1 Å². The summed E-state index contributed by atoms with van der Waals surface area (Å²) in [7, 11) is 0. The number of fused-ring (bicyclic) bond motifs is 1. The SMILES string of the molecule is CCC=CCCOc1c(OC(C)=O)c(=O)oc2c(OC(C)C)cccc12. The molecule has 0 unspecified atom stereocenters. The number of rotatable bonds is 8. The predicted octanol–water partition coefficient (Wildman–Crippen LogP) is 4.24. The van der Waals surface area contributed by atoms with Gasteiger partial charge in [0, 0.05) is 6.92 Å². The number of carbonyl (C=O) groups is 1. The quantitative estimate of drug-likeness (QED) is 0.303. The van der Waals surface area contributed by atoms with Crippen LogP contribution in [0, 0.1) is 0 Å². The Kier molecular flexibility index (Phi) is 6.83. The monoisotopic (exact) mass is 360 g/mol. The zero-order valence-electron chi connectivity index (χ0n) is 15.5. The first kappa shape index (κ1) is 19.6. The van der Waals surface area contributed by atoms with E-state index in [2.05, 4.69) is 0 Å². The Balaban J connectivity index is 2.52. The van der Waals surface area contributed by atoms with Gasteiger partial charge in [-0.25, -0.2) is 4.79 Å². The van der Waals surface area contributed by atoms with Gasteiger partial charge >= 0.3 is 11.6 Å². The standard InChI is InChI=1S/C20H24O6/c1-5-6-7-8-12-23-18-15-10-9-11-16(24-13(2)3)17(15)26-20(22)19(18)25-14(4)21/h6-7,9-11,13H,5,8,12H2,1-4H3. The fourth-order valence-electron chi connectivity index (χ4n) is 2.39. The molecule has 0 aliphatic heterocycles. The van der Waals surface area contributed by atoms with Gasteiger partial charge in [0.1, 0.15) is 0 Å². The van der Waals surface area contributed by atoms with Gasteiger partial charge in [-0.2, -0.15) is 0 Å². The van der Waals surface area contributed by atoms with E-state index in [-0.39, 0.29) is 23.2 Å². The van der Waals surface area contributed by atoms with Crippen molar-refractivity contribution in [2.24, 2.45) is 0 Å². The van der Waals surface area contributed by atoms with Crippen LogP contribution in [0.4, 0.5) is 0 Å². The smallest absolute Gasteiger partial charge is 0.383 e. The topological polar surface area (TPSA) is 75.0 Å². The lowest BCUT2D eigenvalue weighted by atomic mass is 10.2. The summed E-state index contributed by atoms with van der Waals surface area (Å²) >= 11 is 0. The van der Waals surface area contributed by atoms with Crippen molar-refractivity contribution in [1.29, 1.82) is 0 Å². The van der Waals surface area contributed by atoms with Crippen molar-refractivity contribution < 1.29 is 23.4 Å². The lowest BCUT2D eigenvalue weighted by Gasteiger charge is -2.15. The van der Waals surface area contributed by atoms with Crippen LogP contribution in [-0.4, -0.2) is 18.7 Å². The van der Waals surface area contributed by atoms with Crippen LogP contribution >= 0.6 is 0 Å². The third-order valence-corrected chi connectivity index (χ3v) is 3.35. The van der Waals surface area contributed by atoms with Crippen LogP contribution in [0.3, 0.4) is 0 Å². The predicted molar refractivity (Wildman–Crippen MR) is 99.1 cm³/mol. The number of ether oxygens (including phenoxy) is 3. The fourth-order valence-corrected chi connectivity index (χ4v) is 2.39. The molecule has 0 saturated carbocycles. The highest BCUT2D eigenvalue weighted by molar-refractivity contribution is 5.90. The van der Waals surface area contributed by atoms with Crippen molar-refractivity contribution in [1.82, 2.24) is 0 Å². The summed E-state index contributed by atoms with van der Waals surface area (Å²) in [5.74, 6) is -0.251. The van der Waals surface area contributed by atoms with E-state index in [4.69, 9.17) is 18.6 Å². The van der Waals surface area contributed by atoms with Gasteiger partial charge in [-0.05, 0) is 38.8 Å². The number of allylic oxidation sites excluding steroid dienone is 1. The van der Waals surface area contributed by atoms with Crippen LogP contribution in [0.2, 0.25) is 0 Å². The van der Waals surface area contributed by atoms with Gasteiger partial charge in [-0.1, -0.05) is 25.1 Å². The normalized spacial score (nSPS) is 11.3. The minimum atomic E-state index is -0.786. The van der Waals surface area contributed by atoms with Gasteiger partial charge in [0.2, 0.25) is 0 Å². The molecular formula is C20H24O6. The van der Waals surface area contributed by atoms with Crippen molar-refractivity contribution in [3.05, 3.63) is 40.8 Å². The summed E-state index contributed by atoms with van der Waals surface area (Å²) in [6, 6.07) is 5.21. The van der Waals surface area contributed by atoms with Crippen molar-refractivity contribution in [3.63, 3.8) is 0 Å². The molecule has 1 aromatic heterocycles. The Bertz CT molecular complexity index is 847. The average molecular weight is 360 g/mol. The summed E-state index contributed by atoms with van der Waals surface area (Å²) < 4.78 is 21.9. The summed E-state index contributed by atoms with van der Waals surface area (Å²) in [6.07, 6.45) is 5.53. The highest BCUT2D eigenvalue weighted by Gasteiger charge is 2.21.